The minimum Gasteiger partial charge on any atom is -0.459 e. The van der Waals surface area contributed by atoms with Crippen molar-refractivity contribution in [3.63, 3.8) is 0 Å². The van der Waals surface area contributed by atoms with Crippen LogP contribution in [0.4, 0.5) is 4.39 Å². The molecule has 0 unspecified atom stereocenters. The van der Waals surface area contributed by atoms with Gasteiger partial charge in [-0.3, -0.25) is 0 Å². The van der Waals surface area contributed by atoms with Crippen molar-refractivity contribution in [1.29, 1.82) is 5.41 Å². The van der Waals surface area contributed by atoms with E-state index in [9.17, 15) is 14.3 Å². The van der Waals surface area contributed by atoms with Crippen LogP contribution in [-0.2, 0) is 4.74 Å². The van der Waals surface area contributed by atoms with Crippen LogP contribution in [0.15, 0.2) is 18.2 Å². The van der Waals surface area contributed by atoms with E-state index in [1.54, 1.807) is 0 Å². The lowest BCUT2D eigenvalue weighted by Gasteiger charge is -2.12. The van der Waals surface area contributed by atoms with E-state index in [4.69, 9.17) is 33.3 Å². The zero-order valence-electron chi connectivity index (χ0n) is 9.78. The Kier molecular flexibility index (Phi) is 6.21. The standard InChI is InChI=1S/C12H12Cl2FNO3/c13-7-1-2-10(11(14)3-7)12(18)19-6-9(17)4-8(15)5-16/h1-3,5,8-9,16-17H,4,6H2/t8-,9-/m0/s1. The zero-order chi connectivity index (χ0) is 14.4. The van der Waals surface area contributed by atoms with Gasteiger partial charge in [0.05, 0.1) is 16.7 Å². The van der Waals surface area contributed by atoms with Gasteiger partial charge in [-0.2, -0.15) is 0 Å². The van der Waals surface area contributed by atoms with Gasteiger partial charge in [-0.15, -0.1) is 0 Å². The third kappa shape index (κ3) is 5.14. The highest BCUT2D eigenvalue weighted by molar-refractivity contribution is 6.36. The lowest BCUT2D eigenvalue weighted by molar-refractivity contribution is 0.0206. The molecule has 1 aromatic carbocycles. The third-order valence-corrected chi connectivity index (χ3v) is 2.78. The predicted octanol–water partition coefficient (Wildman–Crippen LogP) is 2.89. The summed E-state index contributed by atoms with van der Waals surface area (Å²) in [5.74, 6) is -0.731. The van der Waals surface area contributed by atoms with Gasteiger partial charge in [-0.05, 0) is 18.2 Å². The Morgan fingerprint density at radius 1 is 1.53 bits per heavy atom. The number of hydrogen-bond acceptors (Lipinski definition) is 4. The Labute approximate surface area is 119 Å². The first kappa shape index (κ1) is 15.9. The molecule has 0 heterocycles. The van der Waals surface area contributed by atoms with Crippen LogP contribution in [-0.4, -0.2) is 36.2 Å². The maximum Gasteiger partial charge on any atom is 0.339 e. The summed E-state index contributed by atoms with van der Waals surface area (Å²) in [5, 5.41) is 16.6. The maximum absolute atomic E-state index is 12.8. The van der Waals surface area contributed by atoms with Gasteiger partial charge in [0.2, 0.25) is 0 Å². The summed E-state index contributed by atoms with van der Waals surface area (Å²) in [5.41, 5.74) is 0.113. The fraction of sp³-hybridized carbons (Fsp3) is 0.333. The molecule has 1 aromatic rings. The number of halogens is 3. The van der Waals surface area contributed by atoms with Crippen LogP contribution < -0.4 is 0 Å². The van der Waals surface area contributed by atoms with Crippen molar-refractivity contribution in [2.75, 3.05) is 6.61 Å². The predicted molar refractivity (Wildman–Crippen MR) is 71.0 cm³/mol. The lowest BCUT2D eigenvalue weighted by atomic mass is 10.2. The molecule has 19 heavy (non-hydrogen) atoms. The molecule has 0 saturated carbocycles. The number of carbonyl (C=O) groups excluding carboxylic acids is 1. The Balaban J connectivity index is 2.53. The van der Waals surface area contributed by atoms with Crippen LogP contribution >= 0.6 is 23.2 Å². The zero-order valence-corrected chi connectivity index (χ0v) is 11.3. The molecular formula is C12H12Cl2FNO3. The monoisotopic (exact) mass is 307 g/mol. The first-order chi connectivity index (χ1) is 8.93. The number of aliphatic hydroxyl groups excluding tert-OH is 1. The van der Waals surface area contributed by atoms with E-state index in [0.29, 0.717) is 11.2 Å². The molecule has 0 fully saturated rings. The molecule has 0 spiro atoms. The van der Waals surface area contributed by atoms with E-state index in [-0.39, 0.29) is 23.6 Å². The largest absolute Gasteiger partial charge is 0.459 e. The number of hydrogen-bond donors (Lipinski definition) is 2. The SMILES string of the molecule is N=C[C@@H](F)C[C@H](O)COC(=O)c1ccc(Cl)cc1Cl. The van der Waals surface area contributed by atoms with Gasteiger partial charge in [0.15, 0.2) is 0 Å². The topological polar surface area (TPSA) is 70.4 Å². The van der Waals surface area contributed by atoms with Crippen LogP contribution in [0.5, 0.6) is 0 Å². The molecule has 2 N–H and O–H groups in total. The van der Waals surface area contributed by atoms with Gasteiger partial charge in [-0.25, -0.2) is 9.18 Å². The van der Waals surface area contributed by atoms with Gasteiger partial charge in [-0.1, -0.05) is 23.2 Å². The van der Waals surface area contributed by atoms with Crippen molar-refractivity contribution in [2.45, 2.75) is 18.7 Å². The first-order valence-electron chi connectivity index (χ1n) is 5.39. The van der Waals surface area contributed by atoms with Crippen LogP contribution in [0.25, 0.3) is 0 Å². The smallest absolute Gasteiger partial charge is 0.339 e. The molecule has 0 amide bonds. The van der Waals surface area contributed by atoms with Crippen LogP contribution in [0.3, 0.4) is 0 Å². The highest BCUT2D eigenvalue weighted by Gasteiger charge is 2.16. The number of ether oxygens (including phenoxy) is 1. The summed E-state index contributed by atoms with van der Waals surface area (Å²) in [6.07, 6.45) is -2.47. The van der Waals surface area contributed by atoms with E-state index in [1.807, 2.05) is 0 Å². The van der Waals surface area contributed by atoms with Gasteiger partial charge in [0.25, 0.3) is 0 Å². The lowest BCUT2D eigenvalue weighted by Crippen LogP contribution is -2.23. The average Bonchev–Trinajstić information content (AvgIpc) is 2.35. The first-order valence-corrected chi connectivity index (χ1v) is 6.14. The maximum atomic E-state index is 12.8. The molecule has 0 aromatic heterocycles. The summed E-state index contributed by atoms with van der Waals surface area (Å²) >= 11 is 11.5. The Morgan fingerprint density at radius 3 is 2.79 bits per heavy atom. The second kappa shape index (κ2) is 7.43. The summed E-state index contributed by atoms with van der Waals surface area (Å²) < 4.78 is 17.6. The van der Waals surface area contributed by atoms with Crippen LogP contribution in [0, 0.1) is 5.41 Å². The van der Waals surface area contributed by atoms with Crippen molar-refractivity contribution in [2.24, 2.45) is 0 Å². The molecule has 0 aliphatic carbocycles. The second-order valence-electron chi connectivity index (χ2n) is 3.79. The molecule has 104 valence electrons. The Bertz CT molecular complexity index is 470. The van der Waals surface area contributed by atoms with Crippen LogP contribution in [0.2, 0.25) is 10.0 Å². The third-order valence-electron chi connectivity index (χ3n) is 2.24. The minimum absolute atomic E-state index is 0.113. The minimum atomic E-state index is -1.56. The van der Waals surface area contributed by atoms with E-state index in [1.165, 1.54) is 18.2 Å². The number of nitrogens with one attached hydrogen (secondary N) is 1. The average molecular weight is 308 g/mol. The van der Waals surface area contributed by atoms with Crippen molar-refractivity contribution >= 4 is 35.4 Å². The number of rotatable bonds is 6. The molecule has 2 atom stereocenters. The van der Waals surface area contributed by atoms with E-state index in [0.717, 1.165) is 0 Å². The Hall–Kier alpha value is -1.17. The summed E-state index contributed by atoms with van der Waals surface area (Å²) in [4.78, 5) is 11.6. The summed E-state index contributed by atoms with van der Waals surface area (Å²) in [6.45, 7) is -0.369. The molecule has 0 bridgehead atoms. The second-order valence-corrected chi connectivity index (χ2v) is 4.64. The number of aliphatic hydroxyl groups is 1. The van der Waals surface area contributed by atoms with Gasteiger partial charge >= 0.3 is 5.97 Å². The number of esters is 1. The van der Waals surface area contributed by atoms with Gasteiger partial charge < -0.3 is 15.3 Å². The number of benzene rings is 1. The number of alkyl halides is 1. The van der Waals surface area contributed by atoms with Crippen molar-refractivity contribution < 1.29 is 19.0 Å². The summed E-state index contributed by atoms with van der Waals surface area (Å²) in [6, 6.07) is 4.27. The molecule has 1 rings (SSSR count). The highest BCUT2D eigenvalue weighted by Crippen LogP contribution is 2.21. The van der Waals surface area contributed by atoms with E-state index >= 15 is 0 Å². The van der Waals surface area contributed by atoms with Gasteiger partial charge in [0, 0.05) is 17.7 Å². The molecule has 4 nitrogen and oxygen atoms in total. The molecule has 0 saturated heterocycles. The molecular weight excluding hydrogens is 296 g/mol. The molecule has 0 aliphatic rings. The van der Waals surface area contributed by atoms with E-state index in [2.05, 4.69) is 0 Å². The normalized spacial score (nSPS) is 13.7. The molecule has 0 radical (unpaired) electrons. The highest BCUT2D eigenvalue weighted by atomic mass is 35.5. The van der Waals surface area contributed by atoms with Crippen molar-refractivity contribution in [3.8, 4) is 0 Å². The summed E-state index contributed by atoms with van der Waals surface area (Å²) in [7, 11) is 0. The van der Waals surface area contributed by atoms with Crippen molar-refractivity contribution in [3.05, 3.63) is 33.8 Å². The quantitative estimate of drug-likeness (QED) is 0.627. The molecule has 0 aliphatic heterocycles. The Morgan fingerprint density at radius 2 is 2.21 bits per heavy atom. The fourth-order valence-corrected chi connectivity index (χ4v) is 1.79. The number of carbonyl (C=O) groups is 1. The van der Waals surface area contributed by atoms with Gasteiger partial charge in [0.1, 0.15) is 12.8 Å². The fourth-order valence-electron chi connectivity index (χ4n) is 1.30. The van der Waals surface area contributed by atoms with Crippen molar-refractivity contribution in [1.82, 2.24) is 0 Å². The molecule has 7 heteroatoms. The van der Waals surface area contributed by atoms with E-state index < -0.39 is 18.2 Å². The van der Waals surface area contributed by atoms with Crippen LogP contribution in [0.1, 0.15) is 16.8 Å².